The van der Waals surface area contributed by atoms with E-state index in [9.17, 15) is 13.2 Å². The van der Waals surface area contributed by atoms with E-state index in [0.29, 0.717) is 18.0 Å². The molecule has 1 aliphatic rings. The average Bonchev–Trinajstić information content (AvgIpc) is 2.82. The smallest absolute Gasteiger partial charge is 0.227 e. The molecule has 106 valence electrons. The number of thioether (sulfide) groups is 1. The van der Waals surface area contributed by atoms with E-state index in [-0.39, 0.29) is 23.2 Å². The van der Waals surface area contributed by atoms with E-state index in [1.54, 1.807) is 4.57 Å². The van der Waals surface area contributed by atoms with E-state index < -0.39 is 15.7 Å². The first-order chi connectivity index (χ1) is 8.87. The Morgan fingerprint density at radius 1 is 1.53 bits per heavy atom. The van der Waals surface area contributed by atoms with Crippen molar-refractivity contribution < 1.29 is 13.2 Å². The van der Waals surface area contributed by atoms with Gasteiger partial charge in [-0.2, -0.15) is 0 Å². The molecule has 1 aromatic rings. The molecule has 0 spiro atoms. The van der Waals surface area contributed by atoms with Crippen molar-refractivity contribution >= 4 is 27.5 Å². The van der Waals surface area contributed by atoms with Crippen molar-refractivity contribution in [1.29, 1.82) is 0 Å². The number of aromatic nitrogens is 3. The van der Waals surface area contributed by atoms with Crippen molar-refractivity contribution in [2.24, 2.45) is 18.7 Å². The van der Waals surface area contributed by atoms with Crippen molar-refractivity contribution in [1.82, 2.24) is 14.8 Å². The zero-order valence-electron chi connectivity index (χ0n) is 10.6. The maximum absolute atomic E-state index is 11.4. The van der Waals surface area contributed by atoms with Crippen LogP contribution in [0.3, 0.4) is 0 Å². The van der Waals surface area contributed by atoms with Crippen molar-refractivity contribution in [3.8, 4) is 0 Å². The molecular formula is C10H16N4O3S2. The third-order valence-electron chi connectivity index (χ3n) is 3.07. The van der Waals surface area contributed by atoms with E-state index in [1.807, 2.05) is 7.05 Å². The highest BCUT2D eigenvalue weighted by Crippen LogP contribution is 2.23. The normalized spacial score (nSPS) is 21.6. The zero-order valence-corrected chi connectivity index (χ0v) is 12.2. The van der Waals surface area contributed by atoms with Gasteiger partial charge in [0.15, 0.2) is 15.0 Å². The number of nitrogens with zero attached hydrogens (tertiary/aromatic N) is 3. The minimum Gasteiger partial charge on any atom is -0.369 e. The summed E-state index contributed by atoms with van der Waals surface area (Å²) < 4.78 is 24.6. The molecule has 2 N–H and O–H groups in total. The molecule has 1 fully saturated rings. The molecule has 1 saturated heterocycles. The molecule has 2 rings (SSSR count). The molecule has 0 aliphatic carbocycles. The van der Waals surface area contributed by atoms with Crippen LogP contribution in [-0.4, -0.2) is 46.3 Å². The Hall–Kier alpha value is -1.09. The van der Waals surface area contributed by atoms with Gasteiger partial charge in [0.25, 0.3) is 0 Å². The fourth-order valence-electron chi connectivity index (χ4n) is 2.08. The monoisotopic (exact) mass is 304 g/mol. The number of carbonyl (C=O) groups excluding carboxylic acids is 1. The van der Waals surface area contributed by atoms with Crippen LogP contribution in [0, 0.1) is 5.92 Å². The van der Waals surface area contributed by atoms with Gasteiger partial charge in [-0.25, -0.2) is 8.42 Å². The van der Waals surface area contributed by atoms with Crippen molar-refractivity contribution in [2.45, 2.75) is 18.0 Å². The molecule has 2 heterocycles. The van der Waals surface area contributed by atoms with E-state index >= 15 is 0 Å². The van der Waals surface area contributed by atoms with Gasteiger partial charge in [-0.1, -0.05) is 11.8 Å². The number of hydrogen-bond donors (Lipinski definition) is 1. The maximum atomic E-state index is 11.4. The van der Waals surface area contributed by atoms with Crippen LogP contribution in [-0.2, 0) is 28.1 Å². The Morgan fingerprint density at radius 2 is 2.26 bits per heavy atom. The zero-order chi connectivity index (χ0) is 14.0. The molecule has 1 atom stereocenters. The van der Waals surface area contributed by atoms with E-state index in [2.05, 4.69) is 10.2 Å². The minimum atomic E-state index is -2.87. The number of nitrogens with two attached hydrogens (primary N) is 1. The highest BCUT2D eigenvalue weighted by atomic mass is 32.2. The van der Waals surface area contributed by atoms with Crippen molar-refractivity contribution in [3.63, 3.8) is 0 Å². The Kier molecular flexibility index (Phi) is 4.14. The van der Waals surface area contributed by atoms with Crippen LogP contribution in [0.25, 0.3) is 0 Å². The second-order valence-corrected chi connectivity index (χ2v) is 7.86. The SMILES string of the molecule is Cn1c(C[C@H]2CCS(=O)(=O)C2)nnc1SCC(N)=O. The van der Waals surface area contributed by atoms with Crippen LogP contribution in [0.2, 0.25) is 0 Å². The fraction of sp³-hybridized carbons (Fsp3) is 0.700. The van der Waals surface area contributed by atoms with Crippen LogP contribution < -0.4 is 5.73 Å². The molecule has 0 saturated carbocycles. The van der Waals surface area contributed by atoms with E-state index in [4.69, 9.17) is 5.73 Å². The number of carbonyl (C=O) groups is 1. The number of rotatable bonds is 5. The first kappa shape index (κ1) is 14.3. The molecule has 9 heteroatoms. The fourth-order valence-corrected chi connectivity index (χ4v) is 4.61. The summed E-state index contributed by atoms with van der Waals surface area (Å²) in [5.74, 6) is 1.10. The largest absolute Gasteiger partial charge is 0.369 e. The molecule has 7 nitrogen and oxygen atoms in total. The molecule has 0 aromatic carbocycles. The lowest BCUT2D eigenvalue weighted by molar-refractivity contribution is -0.115. The van der Waals surface area contributed by atoms with Crippen molar-refractivity contribution in [3.05, 3.63) is 5.82 Å². The summed E-state index contributed by atoms with van der Waals surface area (Å²) in [5.41, 5.74) is 5.08. The standard InChI is InChI=1S/C10H16N4O3S2/c1-14-9(4-7-2-3-19(16,17)6-7)12-13-10(14)18-5-8(11)15/h7H,2-6H2,1H3,(H2,11,15)/t7-/m1/s1. The summed E-state index contributed by atoms with van der Waals surface area (Å²) in [4.78, 5) is 10.7. The number of sulfone groups is 1. The number of hydrogen-bond acceptors (Lipinski definition) is 6. The summed E-state index contributed by atoms with van der Waals surface area (Å²) in [6, 6.07) is 0. The summed E-state index contributed by atoms with van der Waals surface area (Å²) in [6.45, 7) is 0. The molecule has 0 radical (unpaired) electrons. The van der Waals surface area contributed by atoms with Gasteiger partial charge >= 0.3 is 0 Å². The molecule has 19 heavy (non-hydrogen) atoms. The van der Waals surface area contributed by atoms with Crippen LogP contribution in [0.15, 0.2) is 5.16 Å². The summed E-state index contributed by atoms with van der Waals surface area (Å²) in [6.07, 6.45) is 1.28. The van der Waals surface area contributed by atoms with Crippen LogP contribution in [0.5, 0.6) is 0 Å². The van der Waals surface area contributed by atoms with Crippen LogP contribution >= 0.6 is 11.8 Å². The quantitative estimate of drug-likeness (QED) is 0.726. The second kappa shape index (κ2) is 5.49. The Bertz CT molecular complexity index is 582. The summed E-state index contributed by atoms with van der Waals surface area (Å²) in [5, 5.41) is 8.65. The highest BCUT2D eigenvalue weighted by Gasteiger charge is 2.29. The average molecular weight is 304 g/mol. The molecule has 0 bridgehead atoms. The molecule has 1 aliphatic heterocycles. The first-order valence-corrected chi connectivity index (χ1v) is 8.68. The Labute approximate surface area is 115 Å². The summed E-state index contributed by atoms with van der Waals surface area (Å²) >= 11 is 1.23. The Balaban J connectivity index is 2.00. The number of amides is 1. The van der Waals surface area contributed by atoms with Gasteiger partial charge in [-0.3, -0.25) is 4.79 Å². The first-order valence-electron chi connectivity index (χ1n) is 5.87. The summed E-state index contributed by atoms with van der Waals surface area (Å²) in [7, 11) is -1.06. The highest BCUT2D eigenvalue weighted by molar-refractivity contribution is 7.99. The molecule has 1 aromatic heterocycles. The van der Waals surface area contributed by atoms with Gasteiger partial charge in [0.05, 0.1) is 17.3 Å². The van der Waals surface area contributed by atoms with Crippen molar-refractivity contribution in [2.75, 3.05) is 17.3 Å². The van der Waals surface area contributed by atoms with Crippen LogP contribution in [0.4, 0.5) is 0 Å². The van der Waals surface area contributed by atoms with Gasteiger partial charge in [-0.05, 0) is 12.3 Å². The van der Waals surface area contributed by atoms with Gasteiger partial charge < -0.3 is 10.3 Å². The number of primary amides is 1. The lowest BCUT2D eigenvalue weighted by Crippen LogP contribution is -2.14. The molecule has 1 amide bonds. The van der Waals surface area contributed by atoms with Gasteiger partial charge in [0.2, 0.25) is 5.91 Å². The lowest BCUT2D eigenvalue weighted by atomic mass is 10.1. The maximum Gasteiger partial charge on any atom is 0.227 e. The van der Waals surface area contributed by atoms with Gasteiger partial charge in [0.1, 0.15) is 5.82 Å². The van der Waals surface area contributed by atoms with Gasteiger partial charge in [0, 0.05) is 13.5 Å². The van der Waals surface area contributed by atoms with E-state index in [1.165, 1.54) is 11.8 Å². The van der Waals surface area contributed by atoms with E-state index in [0.717, 1.165) is 5.82 Å². The topological polar surface area (TPSA) is 108 Å². The third kappa shape index (κ3) is 3.69. The van der Waals surface area contributed by atoms with Crippen LogP contribution in [0.1, 0.15) is 12.2 Å². The second-order valence-electron chi connectivity index (χ2n) is 4.69. The predicted octanol–water partition coefficient (Wildman–Crippen LogP) is -0.630. The Morgan fingerprint density at radius 3 is 2.84 bits per heavy atom. The third-order valence-corrected chi connectivity index (χ3v) is 5.95. The molecular weight excluding hydrogens is 288 g/mol. The minimum absolute atomic E-state index is 0.113. The molecule has 0 unspecified atom stereocenters. The lowest BCUT2D eigenvalue weighted by Gasteiger charge is -2.07. The van der Waals surface area contributed by atoms with Gasteiger partial charge in [-0.15, -0.1) is 10.2 Å². The predicted molar refractivity (Wildman–Crippen MR) is 71.4 cm³/mol.